The van der Waals surface area contributed by atoms with E-state index in [9.17, 15) is 19.7 Å². The first-order valence-corrected chi connectivity index (χ1v) is 10.7. The van der Waals surface area contributed by atoms with Gasteiger partial charge in [0.15, 0.2) is 0 Å². The molecule has 4 aromatic rings. The van der Waals surface area contributed by atoms with Crippen LogP contribution in [0.1, 0.15) is 30.2 Å². The highest BCUT2D eigenvalue weighted by Gasteiger charge is 2.14. The predicted molar refractivity (Wildman–Crippen MR) is 120 cm³/mol. The minimum atomic E-state index is -0.519. The lowest BCUT2D eigenvalue weighted by atomic mass is 10.1. The summed E-state index contributed by atoms with van der Waals surface area (Å²) in [6, 6.07) is 13.4. The number of nitro groups is 1. The van der Waals surface area contributed by atoms with Gasteiger partial charge in [0, 0.05) is 12.5 Å². The molecule has 0 spiro atoms. The number of aromatic nitrogens is 3. The summed E-state index contributed by atoms with van der Waals surface area (Å²) < 4.78 is 6.83. The van der Waals surface area contributed by atoms with Crippen LogP contribution in [0.2, 0.25) is 0 Å². The van der Waals surface area contributed by atoms with E-state index in [0.717, 1.165) is 33.6 Å². The van der Waals surface area contributed by atoms with Gasteiger partial charge in [0.1, 0.15) is 11.4 Å². The van der Waals surface area contributed by atoms with Crippen LogP contribution < -0.4 is 20.4 Å². The van der Waals surface area contributed by atoms with Crippen LogP contribution in [0, 0.1) is 10.1 Å². The van der Waals surface area contributed by atoms with Crippen molar-refractivity contribution in [1.82, 2.24) is 14.6 Å². The van der Waals surface area contributed by atoms with Gasteiger partial charge in [0.25, 0.3) is 16.8 Å². The summed E-state index contributed by atoms with van der Waals surface area (Å²) in [5.74, 6) is 0.740. The standard InChI is InChI=1S/C22H18N4O5S/c1-2-11-31-16-9-7-14(8-10-16)12-17-20(27)23-22-25(24-17)21(28)19(32-22)13-15-5-3-4-6-18(15)26(29)30/h3-10,13H,2,11-12H2,1H3. The van der Waals surface area contributed by atoms with Gasteiger partial charge in [-0.2, -0.15) is 14.6 Å². The fourth-order valence-electron chi connectivity index (χ4n) is 3.09. The Hall–Kier alpha value is -3.92. The van der Waals surface area contributed by atoms with Gasteiger partial charge in [-0.1, -0.05) is 42.5 Å². The van der Waals surface area contributed by atoms with Crippen molar-refractivity contribution in [3.05, 3.63) is 101 Å². The molecular formula is C22H18N4O5S. The second kappa shape index (κ2) is 9.06. The van der Waals surface area contributed by atoms with Crippen molar-refractivity contribution >= 4 is 28.1 Å². The Labute approximate surface area is 185 Å². The van der Waals surface area contributed by atoms with Gasteiger partial charge in [-0.3, -0.25) is 19.7 Å². The number of nitro benzene ring substituents is 1. The van der Waals surface area contributed by atoms with Gasteiger partial charge < -0.3 is 4.74 Å². The van der Waals surface area contributed by atoms with Crippen molar-refractivity contribution < 1.29 is 9.66 Å². The summed E-state index contributed by atoms with van der Waals surface area (Å²) in [6.45, 7) is 2.65. The van der Waals surface area contributed by atoms with E-state index in [1.54, 1.807) is 18.2 Å². The monoisotopic (exact) mass is 450 g/mol. The van der Waals surface area contributed by atoms with Crippen LogP contribution in [0.15, 0.2) is 58.1 Å². The van der Waals surface area contributed by atoms with Crippen molar-refractivity contribution in [2.75, 3.05) is 6.61 Å². The number of hydrogen-bond donors (Lipinski definition) is 0. The van der Waals surface area contributed by atoms with E-state index in [1.165, 1.54) is 12.1 Å². The molecule has 0 N–H and O–H groups in total. The zero-order chi connectivity index (χ0) is 22.7. The maximum Gasteiger partial charge on any atom is 0.296 e. The second-order valence-electron chi connectivity index (χ2n) is 6.96. The zero-order valence-electron chi connectivity index (χ0n) is 17.1. The molecule has 2 heterocycles. The van der Waals surface area contributed by atoms with E-state index in [4.69, 9.17) is 4.74 Å². The lowest BCUT2D eigenvalue weighted by Crippen LogP contribution is -2.28. The SMILES string of the molecule is CCCOc1ccc(Cc2nn3c(=O)c(=Cc4ccccc4[N+](=O)[O-])sc3nc2=O)cc1. The van der Waals surface area contributed by atoms with Gasteiger partial charge in [0.2, 0.25) is 4.96 Å². The molecule has 9 nitrogen and oxygen atoms in total. The molecule has 0 saturated carbocycles. The first-order chi connectivity index (χ1) is 15.5. The Balaban J connectivity index is 1.70. The number of hydrogen-bond acceptors (Lipinski definition) is 8. The largest absolute Gasteiger partial charge is 0.494 e. The molecule has 2 aromatic heterocycles. The van der Waals surface area contributed by atoms with Gasteiger partial charge >= 0.3 is 0 Å². The molecule has 4 rings (SSSR count). The van der Waals surface area contributed by atoms with E-state index < -0.39 is 16.0 Å². The number of thiazole rings is 1. The number of benzene rings is 2. The summed E-state index contributed by atoms with van der Waals surface area (Å²) in [5, 5.41) is 15.5. The molecule has 10 heteroatoms. The Morgan fingerprint density at radius 1 is 1.16 bits per heavy atom. The zero-order valence-corrected chi connectivity index (χ0v) is 17.9. The van der Waals surface area contributed by atoms with Crippen molar-refractivity contribution in [2.45, 2.75) is 19.8 Å². The summed E-state index contributed by atoms with van der Waals surface area (Å²) in [5.41, 5.74) is 0.128. The molecule has 162 valence electrons. The van der Waals surface area contributed by atoms with Crippen LogP contribution in [0.3, 0.4) is 0 Å². The summed E-state index contributed by atoms with van der Waals surface area (Å²) >= 11 is 0.960. The molecule has 0 radical (unpaired) electrons. The van der Waals surface area contributed by atoms with Crippen LogP contribution in [-0.2, 0) is 6.42 Å². The van der Waals surface area contributed by atoms with Crippen LogP contribution in [0.4, 0.5) is 5.69 Å². The van der Waals surface area contributed by atoms with Crippen LogP contribution in [0.25, 0.3) is 11.0 Å². The topological polar surface area (TPSA) is 117 Å². The van der Waals surface area contributed by atoms with E-state index in [-0.39, 0.29) is 32.9 Å². The molecule has 0 saturated heterocycles. The summed E-state index contributed by atoms with van der Waals surface area (Å²) in [7, 11) is 0. The first kappa shape index (κ1) is 21.3. The Kier molecular flexibility index (Phi) is 6.04. The molecule has 0 amide bonds. The number of nitrogens with zero attached hydrogens (tertiary/aromatic N) is 4. The molecule has 0 unspecified atom stereocenters. The number of ether oxygens (including phenoxy) is 1. The average molecular weight is 450 g/mol. The third-order valence-corrected chi connectivity index (χ3v) is 5.60. The Morgan fingerprint density at radius 3 is 2.62 bits per heavy atom. The number of rotatable bonds is 7. The van der Waals surface area contributed by atoms with Crippen LogP contribution >= 0.6 is 11.3 Å². The van der Waals surface area contributed by atoms with E-state index in [1.807, 2.05) is 31.2 Å². The van der Waals surface area contributed by atoms with Crippen molar-refractivity contribution in [1.29, 1.82) is 0 Å². The molecule has 0 aliphatic heterocycles. The third-order valence-electron chi connectivity index (χ3n) is 4.64. The Morgan fingerprint density at radius 2 is 1.91 bits per heavy atom. The molecule has 0 aliphatic carbocycles. The minimum absolute atomic E-state index is 0.119. The van der Waals surface area contributed by atoms with Gasteiger partial charge in [-0.05, 0) is 36.3 Å². The van der Waals surface area contributed by atoms with Crippen LogP contribution in [0.5, 0.6) is 5.75 Å². The van der Waals surface area contributed by atoms with E-state index >= 15 is 0 Å². The molecule has 2 aromatic carbocycles. The molecule has 0 atom stereocenters. The maximum absolute atomic E-state index is 12.8. The fraction of sp³-hybridized carbons (Fsp3) is 0.182. The third kappa shape index (κ3) is 4.40. The molecule has 0 fully saturated rings. The summed E-state index contributed by atoms with van der Waals surface area (Å²) in [4.78, 5) is 40.1. The molecule has 32 heavy (non-hydrogen) atoms. The van der Waals surface area contributed by atoms with Gasteiger partial charge in [-0.15, -0.1) is 0 Å². The van der Waals surface area contributed by atoms with Gasteiger partial charge in [-0.25, -0.2) is 0 Å². The van der Waals surface area contributed by atoms with Crippen molar-refractivity contribution in [3.63, 3.8) is 0 Å². The maximum atomic E-state index is 12.8. The molecule has 0 bridgehead atoms. The van der Waals surface area contributed by atoms with Crippen molar-refractivity contribution in [3.8, 4) is 5.75 Å². The number of para-hydroxylation sites is 1. The lowest BCUT2D eigenvalue weighted by molar-refractivity contribution is -0.385. The molecular weight excluding hydrogens is 432 g/mol. The van der Waals surface area contributed by atoms with E-state index in [2.05, 4.69) is 10.1 Å². The normalized spacial score (nSPS) is 11.7. The van der Waals surface area contributed by atoms with Gasteiger partial charge in [0.05, 0.1) is 21.6 Å². The first-order valence-electron chi connectivity index (χ1n) is 9.86. The predicted octanol–water partition coefficient (Wildman–Crippen LogP) is 2.35. The smallest absolute Gasteiger partial charge is 0.296 e. The second-order valence-corrected chi connectivity index (χ2v) is 7.97. The average Bonchev–Trinajstić information content (AvgIpc) is 3.08. The van der Waals surface area contributed by atoms with Crippen molar-refractivity contribution in [2.24, 2.45) is 0 Å². The highest BCUT2D eigenvalue weighted by Crippen LogP contribution is 2.18. The minimum Gasteiger partial charge on any atom is -0.494 e. The van der Waals surface area contributed by atoms with E-state index in [0.29, 0.717) is 6.61 Å². The lowest BCUT2D eigenvalue weighted by Gasteiger charge is -2.05. The fourth-order valence-corrected chi connectivity index (χ4v) is 3.98. The highest BCUT2D eigenvalue weighted by molar-refractivity contribution is 7.15. The molecule has 0 aliphatic rings. The van der Waals surface area contributed by atoms with Crippen LogP contribution in [-0.4, -0.2) is 26.1 Å². The highest BCUT2D eigenvalue weighted by atomic mass is 32.1. The quantitative estimate of drug-likeness (QED) is 0.313. The Bertz CT molecular complexity index is 1460. The number of fused-ring (bicyclic) bond motifs is 1. The summed E-state index contributed by atoms with van der Waals surface area (Å²) in [6.07, 6.45) is 2.53.